The number of hydrogen-bond acceptors (Lipinski definition) is 7. The molecule has 0 aliphatic rings. The lowest BCUT2D eigenvalue weighted by Gasteiger charge is -2.37. The topological polar surface area (TPSA) is 111 Å². The summed E-state index contributed by atoms with van der Waals surface area (Å²) in [4.78, 5) is 39.4. The Kier molecular flexibility index (Phi) is 20.2. The van der Waals surface area contributed by atoms with Crippen molar-refractivity contribution in [2.75, 3.05) is 6.61 Å². The molecule has 1 rings (SSSR count). The monoisotopic (exact) mass is 683 g/mol. The Labute approximate surface area is 297 Å². The molecule has 0 saturated carbocycles. The standard InChI is InChI=1S/C41H65NO7/c1-10-12-14-17-20-23-33(43)24-21-18-15-16-19-22-25-35(41(9,46)49-40(6,7)8)37(44)42-36(38(45)48-39(3,4)5)31-32-26-28-34(29-27-32)47-30-13-11-2/h22,25-29,35-36,46H,10,12,14-21,23-24,30-31H2,1-9H3,(H,42,44)/b25-22+/t35-,36+,41+/m1/s1. The number of carbonyl (C=O) groups is 3. The number of esters is 1. The van der Waals surface area contributed by atoms with Crippen LogP contribution in [0.2, 0.25) is 0 Å². The molecule has 0 unspecified atom stereocenters. The van der Waals surface area contributed by atoms with Crippen molar-refractivity contribution in [2.45, 2.75) is 169 Å². The van der Waals surface area contributed by atoms with Crippen molar-refractivity contribution in [3.05, 3.63) is 42.0 Å². The Morgan fingerprint density at radius 1 is 0.857 bits per heavy atom. The van der Waals surface area contributed by atoms with Crippen LogP contribution in [-0.4, -0.2) is 52.4 Å². The first-order chi connectivity index (χ1) is 23.0. The maximum atomic E-state index is 13.9. The Morgan fingerprint density at radius 3 is 2.00 bits per heavy atom. The average molecular weight is 684 g/mol. The molecule has 0 spiro atoms. The highest BCUT2D eigenvalue weighted by Crippen LogP contribution is 2.28. The van der Waals surface area contributed by atoms with Crippen LogP contribution in [0, 0.1) is 17.8 Å². The third-order valence-electron chi connectivity index (χ3n) is 7.70. The molecule has 0 aliphatic carbocycles. The second kappa shape index (κ2) is 22.5. The summed E-state index contributed by atoms with van der Waals surface area (Å²) in [5.41, 5.74) is -0.705. The first kappa shape index (κ1) is 43.9. The molecule has 1 amide bonds. The molecular weight excluding hydrogens is 618 g/mol. The number of ketones is 1. The van der Waals surface area contributed by atoms with Gasteiger partial charge in [0.1, 0.15) is 35.7 Å². The predicted molar refractivity (Wildman–Crippen MR) is 197 cm³/mol. The van der Waals surface area contributed by atoms with Crippen LogP contribution in [0.1, 0.15) is 145 Å². The molecule has 0 heterocycles. The molecule has 8 nitrogen and oxygen atoms in total. The first-order valence-corrected chi connectivity index (χ1v) is 18.2. The lowest BCUT2D eigenvalue weighted by molar-refractivity contribution is -0.257. The third kappa shape index (κ3) is 20.8. The van der Waals surface area contributed by atoms with Gasteiger partial charge in [0.05, 0.1) is 5.60 Å². The highest BCUT2D eigenvalue weighted by Gasteiger charge is 2.41. The average Bonchev–Trinajstić information content (AvgIpc) is 2.98. The SMILES string of the molecule is CC#CCOc1ccc(C[C@H](NC(=O)[C@@H](/C=C/CCCCCCC(=O)CCCCCCC)[C@@](C)(O)OC(C)(C)C)C(=O)OC(C)(C)C)cc1. The second-order valence-electron chi connectivity index (χ2n) is 15.0. The van der Waals surface area contributed by atoms with E-state index in [-0.39, 0.29) is 13.0 Å². The van der Waals surface area contributed by atoms with Crippen molar-refractivity contribution >= 4 is 17.7 Å². The van der Waals surface area contributed by atoms with E-state index >= 15 is 0 Å². The molecule has 0 saturated heterocycles. The molecule has 49 heavy (non-hydrogen) atoms. The zero-order valence-electron chi connectivity index (χ0n) is 31.9. The lowest BCUT2D eigenvalue weighted by Crippen LogP contribution is -2.53. The largest absolute Gasteiger partial charge is 0.481 e. The minimum absolute atomic E-state index is 0.176. The summed E-state index contributed by atoms with van der Waals surface area (Å²) in [5.74, 6) is 2.57. The highest BCUT2D eigenvalue weighted by molar-refractivity contribution is 5.87. The van der Waals surface area contributed by atoms with Gasteiger partial charge in [0.25, 0.3) is 0 Å². The van der Waals surface area contributed by atoms with Gasteiger partial charge in [0.2, 0.25) is 5.91 Å². The fourth-order valence-electron chi connectivity index (χ4n) is 5.39. The van der Waals surface area contributed by atoms with Crippen molar-refractivity contribution in [3.8, 4) is 17.6 Å². The Hall–Kier alpha value is -3.15. The van der Waals surface area contributed by atoms with Crippen LogP contribution in [-0.2, 0) is 30.3 Å². The molecule has 276 valence electrons. The summed E-state index contributed by atoms with van der Waals surface area (Å²) in [6, 6.07) is 6.24. The third-order valence-corrected chi connectivity index (χ3v) is 7.70. The zero-order chi connectivity index (χ0) is 36.9. The summed E-state index contributed by atoms with van der Waals surface area (Å²) in [5, 5.41) is 14.3. The van der Waals surface area contributed by atoms with E-state index < -0.39 is 40.8 Å². The van der Waals surface area contributed by atoms with Gasteiger partial charge in [-0.15, -0.1) is 5.92 Å². The maximum absolute atomic E-state index is 13.9. The number of aliphatic hydroxyl groups is 1. The van der Waals surface area contributed by atoms with Crippen molar-refractivity contribution in [2.24, 2.45) is 5.92 Å². The van der Waals surface area contributed by atoms with Crippen LogP contribution in [0.15, 0.2) is 36.4 Å². The highest BCUT2D eigenvalue weighted by atomic mass is 16.6. The van der Waals surface area contributed by atoms with Gasteiger partial charge in [-0.05, 0) is 98.8 Å². The number of allylic oxidation sites excluding steroid dienone is 1. The molecule has 2 N–H and O–H groups in total. The van der Waals surface area contributed by atoms with Gasteiger partial charge in [-0.3, -0.25) is 9.59 Å². The van der Waals surface area contributed by atoms with Crippen molar-refractivity contribution in [1.82, 2.24) is 5.32 Å². The number of ether oxygens (including phenoxy) is 3. The molecule has 3 atom stereocenters. The van der Waals surface area contributed by atoms with Gasteiger partial charge in [-0.25, -0.2) is 4.79 Å². The van der Waals surface area contributed by atoms with E-state index in [1.807, 2.05) is 39.0 Å². The number of Topliss-reactive ketones (excluding diaryl/α,β-unsaturated/α-hetero) is 1. The van der Waals surface area contributed by atoms with Crippen LogP contribution in [0.3, 0.4) is 0 Å². The number of rotatable bonds is 23. The van der Waals surface area contributed by atoms with E-state index in [0.717, 1.165) is 44.1 Å². The number of carbonyl (C=O) groups excluding carboxylic acids is 3. The normalized spacial score (nSPS) is 14.3. The van der Waals surface area contributed by atoms with Crippen molar-refractivity contribution in [3.63, 3.8) is 0 Å². The van der Waals surface area contributed by atoms with Crippen molar-refractivity contribution in [1.29, 1.82) is 0 Å². The maximum Gasteiger partial charge on any atom is 0.329 e. The molecule has 0 radical (unpaired) electrons. The Bertz CT molecular complexity index is 1210. The number of unbranched alkanes of at least 4 members (excludes halogenated alkanes) is 8. The zero-order valence-corrected chi connectivity index (χ0v) is 31.9. The van der Waals surface area contributed by atoms with Gasteiger partial charge < -0.3 is 24.6 Å². The molecule has 8 heteroatoms. The summed E-state index contributed by atoms with van der Waals surface area (Å²) < 4.78 is 17.2. The second-order valence-corrected chi connectivity index (χ2v) is 15.0. The van der Waals surface area contributed by atoms with Gasteiger partial charge in [-0.1, -0.05) is 75.7 Å². The fourth-order valence-corrected chi connectivity index (χ4v) is 5.39. The first-order valence-electron chi connectivity index (χ1n) is 18.2. The quantitative estimate of drug-likeness (QED) is 0.0392. The van der Waals surface area contributed by atoms with E-state index in [0.29, 0.717) is 30.8 Å². The van der Waals surface area contributed by atoms with Gasteiger partial charge in [0, 0.05) is 19.3 Å². The van der Waals surface area contributed by atoms with E-state index in [9.17, 15) is 19.5 Å². The van der Waals surface area contributed by atoms with Crippen LogP contribution in [0.5, 0.6) is 5.75 Å². The number of benzene rings is 1. The Morgan fingerprint density at radius 2 is 1.45 bits per heavy atom. The van der Waals surface area contributed by atoms with Crippen LogP contribution < -0.4 is 10.1 Å². The Balaban J connectivity index is 2.94. The van der Waals surface area contributed by atoms with Gasteiger partial charge in [0.15, 0.2) is 5.79 Å². The van der Waals surface area contributed by atoms with E-state index in [2.05, 4.69) is 24.1 Å². The molecule has 0 aliphatic heterocycles. The molecule has 0 aromatic heterocycles. The van der Waals surface area contributed by atoms with Gasteiger partial charge >= 0.3 is 5.97 Å². The minimum atomic E-state index is -1.85. The van der Waals surface area contributed by atoms with E-state index in [4.69, 9.17) is 14.2 Å². The predicted octanol–water partition coefficient (Wildman–Crippen LogP) is 8.42. The van der Waals surface area contributed by atoms with E-state index in [1.165, 1.54) is 26.2 Å². The minimum Gasteiger partial charge on any atom is -0.481 e. The smallest absolute Gasteiger partial charge is 0.329 e. The van der Waals surface area contributed by atoms with Crippen LogP contribution >= 0.6 is 0 Å². The molecule has 1 aromatic carbocycles. The van der Waals surface area contributed by atoms with Crippen LogP contribution in [0.4, 0.5) is 0 Å². The van der Waals surface area contributed by atoms with Crippen LogP contribution in [0.25, 0.3) is 0 Å². The summed E-state index contributed by atoms with van der Waals surface area (Å²) in [6.45, 7) is 16.4. The van der Waals surface area contributed by atoms with Gasteiger partial charge in [-0.2, -0.15) is 0 Å². The summed E-state index contributed by atoms with van der Waals surface area (Å²) in [6.07, 6.45) is 15.3. The summed E-state index contributed by atoms with van der Waals surface area (Å²) in [7, 11) is 0. The fraction of sp³-hybridized carbons (Fsp3) is 0.683. The molecule has 1 aromatic rings. The number of nitrogens with one attached hydrogen (secondary N) is 1. The number of amides is 1. The summed E-state index contributed by atoms with van der Waals surface area (Å²) >= 11 is 0. The molecule has 0 bridgehead atoms. The number of hydrogen-bond donors (Lipinski definition) is 2. The molecular formula is C41H65NO7. The molecule has 0 fully saturated rings. The lowest BCUT2D eigenvalue weighted by atomic mass is 9.95. The van der Waals surface area contributed by atoms with E-state index in [1.54, 1.807) is 45.9 Å². The van der Waals surface area contributed by atoms with Crippen molar-refractivity contribution < 1.29 is 33.7 Å².